The van der Waals surface area contributed by atoms with Crippen LogP contribution in [0.1, 0.15) is 499 Å². The highest BCUT2D eigenvalue weighted by atomic mass is 35.5. The smallest absolute Gasteiger partial charge is 0.312 e. The Morgan fingerprint density at radius 3 is 2.09 bits per heavy atom. The molecular formula is C38H611ClN2O6. The fraction of sp³-hybridized carbons (Fsp3) is 0.632. The zero-order valence-electron chi connectivity index (χ0n) is 30.1. The molecule has 0 spiro atoms. The molecule has 9 heteroatoms. The van der Waals surface area contributed by atoms with Gasteiger partial charge in [-0.15, -0.1) is 12.4 Å². The monoisotopic (exact) mass is 1230 g/mol. The van der Waals surface area contributed by atoms with Gasteiger partial charge in [0.05, 0.1) is 25.1 Å². The minimum atomic E-state index is -1.30. The molecule has 2 aliphatic heterocycles. The Morgan fingerprint density at radius 2 is 1.57 bits per heavy atom. The van der Waals surface area contributed by atoms with Crippen LogP contribution in [0.25, 0.3) is 0 Å². The van der Waals surface area contributed by atoms with Crippen molar-refractivity contribution < 1.29 is 424 Å². The number of methoxy groups -OCH3 is 1. The van der Waals surface area contributed by atoms with Gasteiger partial charge in [0.2, 0.25) is 11.7 Å². The third-order valence-electron chi connectivity index (χ3n) is 10.4. The highest BCUT2D eigenvalue weighted by Crippen LogP contribution is 2.60. The predicted molar refractivity (Wildman–Crippen MR) is 774 cm³/mol. The average molecular weight is 1230 g/mol. The highest BCUT2D eigenvalue weighted by Gasteiger charge is 2.64. The summed E-state index contributed by atoms with van der Waals surface area (Å²) in [6.07, 6.45) is 4.25. The summed E-state index contributed by atoms with van der Waals surface area (Å²) in [4.78, 5) is 32.2. The third kappa shape index (κ3) is 7.54. The van der Waals surface area contributed by atoms with Crippen molar-refractivity contribution in [1.29, 1.82) is 0 Å². The second kappa shape index (κ2) is 15.1. The van der Waals surface area contributed by atoms with Gasteiger partial charge in [-0.25, -0.2) is 0 Å². The Kier molecular flexibility index (Phi) is 12.3. The molecule has 2 aromatic rings. The van der Waals surface area contributed by atoms with Gasteiger partial charge in [-0.05, 0) is 73.4 Å². The van der Waals surface area contributed by atoms with Crippen molar-refractivity contribution in [1.82, 2.24) is 9.80 Å². The zero-order valence-corrected chi connectivity index (χ0v) is 31.0. The van der Waals surface area contributed by atoms with E-state index in [2.05, 4.69) is 32.6 Å². The van der Waals surface area contributed by atoms with E-state index in [1.54, 1.807) is 7.11 Å². The van der Waals surface area contributed by atoms with Crippen LogP contribution in [0, 0.1) is 24.2 Å². The summed E-state index contributed by atoms with van der Waals surface area (Å²) >= 11 is 0. The van der Waals surface area contributed by atoms with Gasteiger partial charge in [-0.2, -0.15) is 0 Å². The zero-order chi connectivity index (χ0) is 34.0. The molecule has 47 heavy (non-hydrogen) atoms. The van der Waals surface area contributed by atoms with Gasteiger partial charge in [0.15, 0.2) is 11.5 Å². The molecule has 0 radical (unpaired) electrons. The van der Waals surface area contributed by atoms with Crippen molar-refractivity contribution >= 4 is 24.3 Å². The molecule has 0 aliphatic carbocycles. The van der Waals surface area contributed by atoms with Crippen molar-refractivity contribution in [3.63, 3.8) is 0 Å². The number of carboxylic acids is 1. The fourth-order valence-electron chi connectivity index (χ4n) is 8.00. The first-order valence-electron chi connectivity index (χ1n) is 17.0. The standard InChI is InChI=1S/C38H56N2O6.ClH.277H2/c1-11-13-25(3)21-39(22-26(4)14-12-2)32(41)23-40-24-37(8,30-19-20-31-33(27(30)5)46-36(6,7)45-31)38(9,35(42)43)34(40)28-15-17-29(44-10)18-16-28;;;;;;;;;;;;;;;;;;;;;;;;;;;;;;;;;;;;;;;;;;;;;;;;;;;;;;;;;;;;;;;;;;;;;;;;;;;;;;;;;;;;;;;;;;;;;;;;;;;;;;;;;;;;;;;;;;;;;;;;;;;;;;;;;;;;;;;;;;;;;;;;;;;;;;;;;;;;;;;;;;;;;;;;;;;;;;;;;;;;;;;;;;;;;;;;;;;;;;;;;;;;;;;;;;;;;;;;;;;;;;;;;;;;;;;;;;;;;;;;;;;;;;;;;;;;;;;;;;;;;;;;;;;;;;;;;;;;;;/h15-20,25-26,34H,11-14,21-24H2,1-10H3,(H,42,43);278*1H/t25?,26?,34-,37+,38+;;;;;;;;;;;;;;;;;;;;;;;;;;;;;;;;;;;;;;;;;;;;;;;;;;;;;;;;;;;;;;;;;;;;;;;;;;;;;;;;;;;;;;;;;;;;;;;;;;;;;;;;;;;;;;;;;;;;;;;;;;;;;;;;;;;;;;;;;;;;;;;;;;;;;;;;;;;;;;;;;;;;;;;;;;;;;;;;;;;;;;;;;;;;;;;;;;;;;;;;;;;;;;;;;;;;;;;;;;;;;;;;;;;;;;;;;;;;;;;;;;;;;;;;;;;;;;;;;;;;;;;;;;;;;;;;;;;;;;/m0....................................................................................................................................................................................................................................................................................../s1. The van der Waals surface area contributed by atoms with E-state index in [1.165, 1.54) is 0 Å². The van der Waals surface area contributed by atoms with Crippen LogP contribution in [-0.4, -0.2) is 65.9 Å². The van der Waals surface area contributed by atoms with E-state index in [9.17, 15) is 14.7 Å². The summed E-state index contributed by atoms with van der Waals surface area (Å²) in [6.45, 7) is 20.3. The Morgan fingerprint density at radius 1 is 1.00 bits per heavy atom. The number of hydrogen-bond acceptors (Lipinski definition) is 6. The van der Waals surface area contributed by atoms with Gasteiger partial charge < -0.3 is 24.2 Å². The van der Waals surface area contributed by atoms with Gasteiger partial charge in [-0.1, -0.05) is 65.7 Å². The first-order chi connectivity index (χ1) is 21.6. The lowest BCUT2D eigenvalue weighted by Gasteiger charge is -2.41. The second-order valence-corrected chi connectivity index (χ2v) is 14.7. The number of aliphatic carboxylic acids is 1. The molecule has 0 aromatic heterocycles. The Labute approximate surface area is 699 Å². The molecule has 2 heterocycles. The molecule has 1 fully saturated rings. The van der Waals surface area contributed by atoms with Crippen LogP contribution in [0.3, 0.4) is 0 Å². The van der Waals surface area contributed by atoms with Crippen LogP contribution in [0.15, 0.2) is 36.4 Å². The number of amides is 1. The fourth-order valence-corrected chi connectivity index (χ4v) is 8.00. The van der Waals surface area contributed by atoms with Crippen molar-refractivity contribution in [3.05, 3.63) is 53.1 Å². The minimum absolute atomic E-state index is 0. The first-order valence-corrected chi connectivity index (χ1v) is 17.0. The molecule has 1 amide bonds. The molecule has 816 valence electrons. The summed E-state index contributed by atoms with van der Waals surface area (Å²) in [5.74, 6) is 1.09. The predicted octanol–water partition coefficient (Wildman–Crippen LogP) is 76.2. The van der Waals surface area contributed by atoms with Gasteiger partial charge in [0.25, 0.3) is 0 Å². The maximum Gasteiger partial charge on any atom is 0.312 e. The average Bonchev–Trinajstić information content (AvgIpc) is 3.43. The lowest BCUT2D eigenvalue weighted by molar-refractivity contribution is -0.153. The van der Waals surface area contributed by atoms with E-state index in [1.807, 2.05) is 75.9 Å². The SMILES string of the molecule is CCCC(C)CN(CC(C)CCC)C(=O)CN1C[C@](C)(c2ccc3c(c2C)OC(C)(C)O3)[C@@](C)(C(=O)O)[C@@H]1c1ccc(OC)cc1.Cl.[HH].[HH].[HH].[HH].[HH].[HH].[HH].[HH].[HH].[HH].[HH].[HH].[HH].[HH].[HH].[HH].[HH].[HH].[HH].[HH].[HH].[HH].[HH].[HH].[HH].[HH].[HH].[HH].[HH].[HH].[HH].[HH].[HH].[HH].[HH].[HH].[HH].[HH].[HH].[HH].[HH].[HH].[HH].[HH].[HH].[HH].[HH].[HH].[HH].[HH].[HH].[HH].[HH].[HH].[HH].[HH].[HH].[HH].[HH].[HH].[HH].[HH].[HH].[HH].[HH].[HH].[HH].[HH].[HH].[HH].[HH].[HH].[HH].[HH].[HH].[HH].[HH].[HH].[HH].[HH].[HH].[HH].[HH].[HH].[HH].[HH].[HH].[HH].[HH].[HH].[HH].[HH].[HH].[HH].[HH].[HH].[HH].[HH].[HH].[HH].[HH].[HH].[HH].[HH].[HH].[HH].[HH].[HH].[HH].[HH].[HH].[HH].[HH].[HH].[HH].[HH].[HH].[HH].[HH].[HH].[HH].[HH].[HH].[HH].[HH].[HH].[HH].[HH].[HH].[HH].[HH].[HH].[HH].[HH].[HH].[HH].[HH].[HH].[HH].[HH].[HH].[HH].[HH].[HH].[HH].[HH].[HH].[HH].[HH].[HH].[HH].[HH].[HH].[HH].[HH].[HH].[HH].[HH].[HH].[HH].[HH].[HH].[HH].[HH].[HH].[HH].[HH].[HH].[HH].[HH].[HH].[HH].[HH].[HH].[HH].[HH].[HH].[HH].[HH].[HH].[HH].[HH].[HH].[HH].[HH].[HH].[HH].[HH].[HH].[HH].[HH].[HH].[HH].[HH].[HH].[HH].[HH].[HH].[HH].[HH].[HH].[HH].[HH].[HH].[HH].[HH].[HH].[HH].[HH].[HH].[HH].[HH].[HH].[HH].[HH].[HH].[HH].[HH].[HH].[HH].[HH].[HH].[HH].[HH].[HH].[HH].[HH].[HH].[HH].[HH].[HH].[HH].[HH].[HH].[HH].[HH].[HH].[HH].[HH].[HH].[HH].[HH].[HH].[HH].[HH].[HH].[HH].[HH].[HH].[HH].[HH].[HH].[HH].[HH].[HH].[HH].[HH].[HH].[HH].[HH].[HH].[HH].[HH].[HH].[HH].[HH].[HH].[HH].[HH].[HH].[HH].[HH].[HH].[HH].[HH].[HH].[HH]. The molecule has 8 nitrogen and oxygen atoms in total. The second-order valence-electron chi connectivity index (χ2n) is 14.7. The Bertz CT molecular complexity index is 1580. The van der Waals surface area contributed by atoms with Crippen molar-refractivity contribution in [2.24, 2.45) is 17.3 Å². The molecule has 0 bridgehead atoms. The number of likely N-dealkylation sites (tertiary alicyclic amines) is 1. The normalized spacial score (nSPS) is 24.3. The lowest BCUT2D eigenvalue weighted by atomic mass is 9.59. The highest BCUT2D eigenvalue weighted by molar-refractivity contribution is 5.85. The van der Waals surface area contributed by atoms with E-state index in [0.29, 0.717) is 48.7 Å². The van der Waals surface area contributed by atoms with Gasteiger partial charge in [0.1, 0.15) is 5.75 Å². The van der Waals surface area contributed by atoms with Crippen LogP contribution < -0.4 is 14.2 Å². The molecule has 1 saturated heterocycles. The van der Waals surface area contributed by atoms with Crippen molar-refractivity contribution in [3.8, 4) is 17.2 Å². The van der Waals surface area contributed by atoms with E-state index in [-0.39, 0.29) is 420 Å². The summed E-state index contributed by atoms with van der Waals surface area (Å²) in [7, 11) is 1.62. The molecule has 2 aliphatic rings. The van der Waals surface area contributed by atoms with Crippen molar-refractivity contribution in [2.45, 2.75) is 105 Å². The Balaban J connectivity index is -0.000000000316. The number of nitrogens with zero attached hydrogens (tertiary/aromatic N) is 2. The number of benzene rings is 2. The van der Waals surface area contributed by atoms with Crippen LogP contribution in [0.4, 0.5) is 0 Å². The molecule has 1 N–H and O–H groups in total. The van der Waals surface area contributed by atoms with Crippen LogP contribution in [-0.2, 0) is 15.0 Å². The Hall–Kier alpha value is -2.97. The summed E-state index contributed by atoms with van der Waals surface area (Å²) in [5.41, 5.74) is 0.409. The van der Waals surface area contributed by atoms with Crippen LogP contribution >= 0.6 is 12.4 Å². The number of ether oxygens (including phenoxy) is 3. The molecule has 5 atom stereocenters. The van der Waals surface area contributed by atoms with E-state index < -0.39 is 28.6 Å². The molecule has 2 unspecified atom stereocenters. The molecular weight excluding hydrogens is 616 g/mol. The number of carboxylic acid groups (broad SMARTS) is 1. The third-order valence-corrected chi connectivity index (χ3v) is 10.4. The van der Waals surface area contributed by atoms with Gasteiger partial charge >= 0.3 is 5.97 Å². The van der Waals surface area contributed by atoms with Crippen molar-refractivity contribution in [2.75, 3.05) is 33.3 Å². The van der Waals surface area contributed by atoms with Gasteiger partial charge in [-0.3, -0.25) is 14.5 Å². The van der Waals surface area contributed by atoms with E-state index in [4.69, 9.17) is 14.2 Å². The molecule has 0 saturated carbocycles. The quantitative estimate of drug-likeness (QED) is 0.202. The minimum Gasteiger partial charge on any atom is -0.497 e. The summed E-state index contributed by atoms with van der Waals surface area (Å²) in [5, 5.41) is 11.2. The number of carbonyl (C=O) groups excluding carboxylic acids is 1. The molecule has 4 rings (SSSR count). The topological polar surface area (TPSA) is 88.5 Å². The van der Waals surface area contributed by atoms with E-state index >= 15 is 0 Å². The van der Waals surface area contributed by atoms with E-state index in [0.717, 1.165) is 42.4 Å². The number of rotatable bonds is 14. The maximum absolute atomic E-state index is 14.4. The van der Waals surface area contributed by atoms with Gasteiger partial charge in [0, 0.05) is 434 Å². The number of halogens is 1. The largest absolute Gasteiger partial charge is 0.497 e. The summed E-state index contributed by atoms with van der Waals surface area (Å²) < 4.78 is 17.7. The number of fused-ring (bicyclic) bond motifs is 1. The van der Waals surface area contributed by atoms with Crippen LogP contribution in [0.5, 0.6) is 17.2 Å². The van der Waals surface area contributed by atoms with Crippen LogP contribution in [0.2, 0.25) is 0 Å². The lowest BCUT2D eigenvalue weighted by Crippen LogP contribution is -2.48. The molecule has 2 aromatic carbocycles. The number of carbonyl (C=O) groups is 2. The summed E-state index contributed by atoms with van der Waals surface area (Å²) in [6, 6.07) is 10.9. The maximum atomic E-state index is 14.4. The number of hydrogen-bond donors (Lipinski definition) is 1. The first kappa shape index (κ1) is 38.5.